The van der Waals surface area contributed by atoms with E-state index in [-0.39, 0.29) is 6.54 Å². The predicted octanol–water partition coefficient (Wildman–Crippen LogP) is 2.13. The minimum Gasteiger partial charge on any atom is -0.494 e. The molecule has 1 atom stereocenters. The van der Waals surface area contributed by atoms with Crippen LogP contribution in [0.1, 0.15) is 38.9 Å². The van der Waals surface area contributed by atoms with Gasteiger partial charge in [-0.05, 0) is 38.8 Å². The van der Waals surface area contributed by atoms with E-state index in [1.54, 1.807) is 20.8 Å². The van der Waals surface area contributed by atoms with Crippen LogP contribution in [-0.4, -0.2) is 42.3 Å². The summed E-state index contributed by atoms with van der Waals surface area (Å²) >= 11 is 3.36. The molecule has 0 unspecified atom stereocenters. The van der Waals surface area contributed by atoms with Gasteiger partial charge in [-0.25, -0.2) is 4.79 Å². The third-order valence-electron chi connectivity index (χ3n) is 3.35. The van der Waals surface area contributed by atoms with Crippen LogP contribution in [0.5, 0.6) is 5.75 Å². The van der Waals surface area contributed by atoms with E-state index in [1.165, 1.54) is 0 Å². The summed E-state index contributed by atoms with van der Waals surface area (Å²) in [4.78, 5) is 11.8. The summed E-state index contributed by atoms with van der Waals surface area (Å²) in [7, 11) is -1.06. The van der Waals surface area contributed by atoms with Crippen molar-refractivity contribution in [3.63, 3.8) is 0 Å². The summed E-state index contributed by atoms with van der Waals surface area (Å²) in [5.74, 6) is 0.612. The lowest BCUT2D eigenvalue weighted by Gasteiger charge is -2.21. The van der Waals surface area contributed by atoms with Crippen LogP contribution in [0, 0.1) is 0 Å². The van der Waals surface area contributed by atoms with Crippen LogP contribution in [0.25, 0.3) is 0 Å². The maximum atomic E-state index is 11.8. The minimum absolute atomic E-state index is 0.212. The number of carbonyl (C=O) groups excluding carboxylic acids is 1. The number of carbonyl (C=O) groups is 1. The van der Waals surface area contributed by atoms with E-state index in [1.807, 2.05) is 18.2 Å². The maximum Gasteiger partial charge on any atom is 0.495 e. The predicted molar refractivity (Wildman–Crippen MR) is 96.0 cm³/mol. The highest BCUT2D eigenvalue weighted by Crippen LogP contribution is 2.27. The van der Waals surface area contributed by atoms with E-state index in [4.69, 9.17) is 14.1 Å². The smallest absolute Gasteiger partial charge is 0.494 e. The zero-order valence-electron chi connectivity index (χ0n) is 14.2. The van der Waals surface area contributed by atoms with Crippen molar-refractivity contribution in [2.24, 2.45) is 0 Å². The number of hydrogen-bond donors (Lipinski definition) is 2. The van der Waals surface area contributed by atoms with E-state index in [2.05, 4.69) is 21.2 Å². The maximum absolute atomic E-state index is 11.8. The molecule has 24 heavy (non-hydrogen) atoms. The van der Waals surface area contributed by atoms with Gasteiger partial charge in [0.1, 0.15) is 11.4 Å². The fourth-order valence-corrected chi connectivity index (χ4v) is 2.64. The highest BCUT2D eigenvalue weighted by Gasteiger charge is 2.38. The molecule has 1 aromatic rings. The Balaban J connectivity index is 2.02. The summed E-state index contributed by atoms with van der Waals surface area (Å²) in [5.41, 5.74) is 0.882. The van der Waals surface area contributed by atoms with Gasteiger partial charge < -0.3 is 24.5 Å². The number of ether oxygens (including phenoxy) is 2. The Bertz CT molecular complexity index is 578. The molecule has 0 aliphatic carbocycles. The summed E-state index contributed by atoms with van der Waals surface area (Å²) in [6, 6.07) is 5.53. The minimum atomic E-state index is -1.06. The Kier molecular flexibility index (Phi) is 6.54. The molecular formula is C16H23BBrNO5. The van der Waals surface area contributed by atoms with Crippen LogP contribution in [0.15, 0.2) is 18.2 Å². The number of amides is 1. The molecule has 1 amide bonds. The molecule has 0 saturated carbocycles. The number of benzene rings is 1. The standard InChI is InChI=1S/C16H23BBrNO5/c1-16(2,3)23-15(20)19-10-13-11-6-4-7-12(22-9-5-8-18)14(11)17(21)24-13/h4,6-7,13,21H,5,8-10H2,1-3H3,(H,19,20)/t13-/m1/s1. The molecule has 0 spiro atoms. The molecule has 0 saturated heterocycles. The summed E-state index contributed by atoms with van der Waals surface area (Å²) in [6.45, 7) is 6.16. The van der Waals surface area contributed by atoms with Gasteiger partial charge in [0.05, 0.1) is 12.7 Å². The van der Waals surface area contributed by atoms with Crippen LogP contribution in [0.3, 0.4) is 0 Å². The van der Waals surface area contributed by atoms with Crippen molar-refractivity contribution in [3.8, 4) is 5.75 Å². The number of fused-ring (bicyclic) bond motifs is 1. The van der Waals surface area contributed by atoms with Crippen molar-refractivity contribution in [2.75, 3.05) is 18.5 Å². The molecule has 2 N–H and O–H groups in total. The van der Waals surface area contributed by atoms with Crippen molar-refractivity contribution < 1.29 is 23.9 Å². The van der Waals surface area contributed by atoms with Gasteiger partial charge in [0.15, 0.2) is 0 Å². The normalized spacial score (nSPS) is 16.7. The van der Waals surface area contributed by atoms with Gasteiger partial charge in [-0.3, -0.25) is 0 Å². The SMILES string of the molecule is CC(C)(C)OC(=O)NC[C@H]1OB(O)c2c(OCCCBr)cccc21. The summed E-state index contributed by atoms with van der Waals surface area (Å²) < 4.78 is 16.5. The van der Waals surface area contributed by atoms with Crippen molar-refractivity contribution >= 4 is 34.6 Å². The molecule has 1 aromatic carbocycles. The van der Waals surface area contributed by atoms with E-state index in [0.29, 0.717) is 17.8 Å². The summed E-state index contributed by atoms with van der Waals surface area (Å²) in [6.07, 6.45) is -0.0921. The zero-order chi connectivity index (χ0) is 17.7. The van der Waals surface area contributed by atoms with Crippen LogP contribution in [0.4, 0.5) is 4.79 Å². The molecule has 2 rings (SSSR count). The van der Waals surface area contributed by atoms with Gasteiger partial charge in [-0.1, -0.05) is 28.1 Å². The fraction of sp³-hybridized carbons (Fsp3) is 0.562. The van der Waals surface area contributed by atoms with Gasteiger partial charge >= 0.3 is 13.2 Å². The van der Waals surface area contributed by atoms with Crippen molar-refractivity contribution in [1.29, 1.82) is 0 Å². The molecular weight excluding hydrogens is 377 g/mol. The Hall–Kier alpha value is -1.25. The number of rotatable bonds is 6. The molecule has 1 heterocycles. The van der Waals surface area contributed by atoms with Gasteiger partial charge in [0.2, 0.25) is 0 Å². The quantitative estimate of drug-likeness (QED) is 0.435. The lowest BCUT2D eigenvalue weighted by atomic mass is 9.78. The van der Waals surface area contributed by atoms with Crippen molar-refractivity contribution in [2.45, 2.75) is 38.9 Å². The molecule has 0 bridgehead atoms. The highest BCUT2D eigenvalue weighted by atomic mass is 79.9. The van der Waals surface area contributed by atoms with Gasteiger partial charge in [-0.2, -0.15) is 0 Å². The van der Waals surface area contributed by atoms with E-state index in [0.717, 1.165) is 17.3 Å². The largest absolute Gasteiger partial charge is 0.495 e. The third-order valence-corrected chi connectivity index (χ3v) is 3.91. The lowest BCUT2D eigenvalue weighted by molar-refractivity contribution is 0.0498. The average molecular weight is 400 g/mol. The molecule has 6 nitrogen and oxygen atoms in total. The van der Waals surface area contributed by atoms with Crippen LogP contribution < -0.4 is 15.5 Å². The van der Waals surface area contributed by atoms with Gasteiger partial charge in [0.25, 0.3) is 0 Å². The number of alkyl halides is 1. The molecule has 132 valence electrons. The van der Waals surface area contributed by atoms with Gasteiger partial charge in [0, 0.05) is 17.3 Å². The monoisotopic (exact) mass is 399 g/mol. The molecule has 1 aliphatic heterocycles. The fourth-order valence-electron chi connectivity index (χ4n) is 2.41. The van der Waals surface area contributed by atoms with Gasteiger partial charge in [-0.15, -0.1) is 0 Å². The molecule has 1 aliphatic rings. The lowest BCUT2D eigenvalue weighted by Crippen LogP contribution is -2.35. The number of alkyl carbamates (subject to hydrolysis) is 1. The Labute approximate surface area is 151 Å². The summed E-state index contributed by atoms with van der Waals surface area (Å²) in [5, 5.41) is 13.7. The Morgan fingerprint density at radius 3 is 2.88 bits per heavy atom. The van der Waals surface area contributed by atoms with Crippen LogP contribution >= 0.6 is 15.9 Å². The Morgan fingerprint density at radius 2 is 2.21 bits per heavy atom. The highest BCUT2D eigenvalue weighted by molar-refractivity contribution is 9.09. The number of halogens is 1. The van der Waals surface area contributed by atoms with E-state index in [9.17, 15) is 9.82 Å². The first-order valence-corrected chi connectivity index (χ1v) is 9.06. The second kappa shape index (κ2) is 8.22. The van der Waals surface area contributed by atoms with Crippen molar-refractivity contribution in [1.82, 2.24) is 5.32 Å². The first-order valence-electron chi connectivity index (χ1n) is 7.94. The topological polar surface area (TPSA) is 77.0 Å². The van der Waals surface area contributed by atoms with Crippen molar-refractivity contribution in [3.05, 3.63) is 23.8 Å². The van der Waals surface area contributed by atoms with E-state index >= 15 is 0 Å². The first kappa shape index (κ1) is 19.1. The average Bonchev–Trinajstić information content (AvgIpc) is 2.81. The second-order valence-electron chi connectivity index (χ2n) is 6.51. The number of hydrogen-bond acceptors (Lipinski definition) is 5. The zero-order valence-corrected chi connectivity index (χ0v) is 15.8. The molecule has 0 radical (unpaired) electrons. The molecule has 0 aromatic heterocycles. The Morgan fingerprint density at radius 1 is 1.46 bits per heavy atom. The van der Waals surface area contributed by atoms with E-state index < -0.39 is 24.9 Å². The number of nitrogens with one attached hydrogen (secondary N) is 1. The second-order valence-corrected chi connectivity index (χ2v) is 7.30. The molecule has 0 fully saturated rings. The third kappa shape index (κ3) is 5.12. The van der Waals surface area contributed by atoms with Crippen LogP contribution in [0.2, 0.25) is 0 Å². The molecule has 8 heteroatoms. The van der Waals surface area contributed by atoms with Crippen LogP contribution in [-0.2, 0) is 9.39 Å². The first-order chi connectivity index (χ1) is 11.3.